The maximum atomic E-state index is 9.17. The monoisotopic (exact) mass is 403 g/mol. The molecule has 0 saturated carbocycles. The molecule has 1 aromatic heterocycles. The third-order valence-electron chi connectivity index (χ3n) is 5.66. The van der Waals surface area contributed by atoms with Gasteiger partial charge in [-0.25, -0.2) is 4.98 Å². The smallest absolute Gasteiger partial charge is 0.0894 e. The lowest BCUT2D eigenvalue weighted by molar-refractivity contribution is 0.299. The molecule has 0 amide bonds. The first-order valence-electron chi connectivity index (χ1n) is 10.6. The van der Waals surface area contributed by atoms with Crippen molar-refractivity contribution >= 4 is 22.3 Å². The van der Waals surface area contributed by atoms with Crippen LogP contribution in [0, 0.1) is 0 Å². The van der Waals surface area contributed by atoms with Gasteiger partial charge in [-0.3, -0.25) is 4.98 Å². The fourth-order valence-corrected chi connectivity index (χ4v) is 3.91. The Morgan fingerprint density at radius 1 is 1.13 bits per heavy atom. The molecule has 0 unspecified atom stereocenters. The largest absolute Gasteiger partial charge is 0.396 e. The van der Waals surface area contributed by atoms with Crippen LogP contribution in [-0.4, -0.2) is 47.4 Å². The molecule has 4 N–H and O–H groups in total. The molecule has 6 nitrogen and oxygen atoms in total. The van der Waals surface area contributed by atoms with Gasteiger partial charge in [0.25, 0.3) is 0 Å². The van der Waals surface area contributed by atoms with Crippen LogP contribution in [0.3, 0.4) is 0 Å². The summed E-state index contributed by atoms with van der Waals surface area (Å²) >= 11 is 0. The molecule has 1 aliphatic heterocycles. The number of benzene rings is 2. The number of rotatable bonds is 7. The molecule has 1 aliphatic rings. The zero-order chi connectivity index (χ0) is 20.8. The Hall–Kier alpha value is -2.96. The van der Waals surface area contributed by atoms with Gasteiger partial charge >= 0.3 is 0 Å². The Balaban J connectivity index is 1.37. The molecule has 2 heterocycles. The van der Waals surface area contributed by atoms with Crippen molar-refractivity contribution in [2.75, 3.05) is 31.1 Å². The van der Waals surface area contributed by atoms with Crippen molar-refractivity contribution in [3.8, 4) is 0 Å². The standard InChI is InChI=1S/C24H29N5O/c25-15-19(24-17-27-22-6-1-2-7-23(22)28-24)16-26-20-8-11-29(12-9-20)21-5-3-4-18(14-21)10-13-30/h1-7,14,16-17,20,26,30H,8-13,15,25H2/b19-16+. The van der Waals surface area contributed by atoms with Crippen LogP contribution < -0.4 is 16.0 Å². The molecule has 6 heteroatoms. The fraction of sp³-hybridized carbons (Fsp3) is 0.333. The van der Waals surface area contributed by atoms with Crippen molar-refractivity contribution in [2.45, 2.75) is 25.3 Å². The third kappa shape index (κ3) is 4.78. The number of aliphatic hydroxyl groups excluding tert-OH is 1. The van der Waals surface area contributed by atoms with E-state index in [1.807, 2.05) is 30.5 Å². The van der Waals surface area contributed by atoms with Gasteiger partial charge in [0.2, 0.25) is 0 Å². The minimum Gasteiger partial charge on any atom is -0.396 e. The quantitative estimate of drug-likeness (QED) is 0.562. The highest BCUT2D eigenvalue weighted by atomic mass is 16.2. The summed E-state index contributed by atoms with van der Waals surface area (Å²) in [6.07, 6.45) is 6.63. The molecule has 1 fully saturated rings. The van der Waals surface area contributed by atoms with Gasteiger partial charge in [0, 0.05) is 49.7 Å². The van der Waals surface area contributed by atoms with Gasteiger partial charge in [-0.15, -0.1) is 0 Å². The van der Waals surface area contributed by atoms with Gasteiger partial charge in [-0.2, -0.15) is 0 Å². The first-order valence-corrected chi connectivity index (χ1v) is 10.6. The van der Waals surface area contributed by atoms with E-state index in [1.54, 1.807) is 6.20 Å². The second kappa shape index (κ2) is 9.69. The van der Waals surface area contributed by atoms with Crippen molar-refractivity contribution in [1.82, 2.24) is 15.3 Å². The Morgan fingerprint density at radius 2 is 1.93 bits per heavy atom. The van der Waals surface area contributed by atoms with Crippen molar-refractivity contribution < 1.29 is 5.11 Å². The van der Waals surface area contributed by atoms with E-state index in [1.165, 1.54) is 11.3 Å². The lowest BCUT2D eigenvalue weighted by atomic mass is 10.0. The molecular weight excluding hydrogens is 374 g/mol. The van der Waals surface area contributed by atoms with E-state index in [2.05, 4.69) is 39.5 Å². The Bertz CT molecular complexity index is 1010. The van der Waals surface area contributed by atoms with Gasteiger partial charge < -0.3 is 21.1 Å². The van der Waals surface area contributed by atoms with Gasteiger partial charge in [0.1, 0.15) is 0 Å². The molecule has 0 atom stereocenters. The Morgan fingerprint density at radius 3 is 2.70 bits per heavy atom. The molecule has 0 bridgehead atoms. The molecule has 0 radical (unpaired) electrons. The van der Waals surface area contributed by atoms with Crippen LogP contribution in [0.15, 0.2) is 60.9 Å². The Kier molecular flexibility index (Phi) is 6.57. The second-order valence-electron chi connectivity index (χ2n) is 7.69. The van der Waals surface area contributed by atoms with Crippen molar-refractivity contribution in [3.05, 3.63) is 72.2 Å². The van der Waals surface area contributed by atoms with Gasteiger partial charge in [0.05, 0.1) is 22.9 Å². The number of fused-ring (bicyclic) bond motifs is 1. The maximum absolute atomic E-state index is 9.17. The summed E-state index contributed by atoms with van der Waals surface area (Å²) in [7, 11) is 0. The Labute approximate surface area is 177 Å². The SMILES string of the molecule is NC/C(=C\NC1CCN(c2cccc(CCO)c2)CC1)c1cnc2ccccc2n1. The highest BCUT2D eigenvalue weighted by Crippen LogP contribution is 2.22. The summed E-state index contributed by atoms with van der Waals surface area (Å²) in [6.45, 7) is 2.60. The first kappa shape index (κ1) is 20.3. The molecule has 156 valence electrons. The number of para-hydroxylation sites is 2. The highest BCUT2D eigenvalue weighted by molar-refractivity contribution is 5.76. The van der Waals surface area contributed by atoms with E-state index in [4.69, 9.17) is 15.8 Å². The number of aliphatic hydroxyl groups is 1. The summed E-state index contributed by atoms with van der Waals surface area (Å²) in [5.41, 5.74) is 12.0. The van der Waals surface area contributed by atoms with E-state index in [0.29, 0.717) is 19.0 Å². The average molecular weight is 404 g/mol. The molecular formula is C24H29N5O. The highest BCUT2D eigenvalue weighted by Gasteiger charge is 2.19. The number of piperidine rings is 1. The van der Waals surface area contributed by atoms with Crippen LogP contribution in [0.4, 0.5) is 5.69 Å². The fourth-order valence-electron chi connectivity index (χ4n) is 3.91. The number of hydrogen-bond acceptors (Lipinski definition) is 6. The van der Waals surface area contributed by atoms with Crippen LogP contribution >= 0.6 is 0 Å². The van der Waals surface area contributed by atoms with E-state index in [-0.39, 0.29) is 6.61 Å². The summed E-state index contributed by atoms with van der Waals surface area (Å²) in [5, 5.41) is 12.7. The molecule has 0 spiro atoms. The second-order valence-corrected chi connectivity index (χ2v) is 7.69. The van der Waals surface area contributed by atoms with Crippen LogP contribution in [-0.2, 0) is 6.42 Å². The van der Waals surface area contributed by atoms with E-state index in [0.717, 1.165) is 48.2 Å². The van der Waals surface area contributed by atoms with Gasteiger partial charge in [-0.05, 0) is 49.1 Å². The topological polar surface area (TPSA) is 87.3 Å². The summed E-state index contributed by atoms with van der Waals surface area (Å²) in [5.74, 6) is 0. The number of nitrogens with one attached hydrogen (secondary N) is 1. The summed E-state index contributed by atoms with van der Waals surface area (Å²) in [4.78, 5) is 11.6. The van der Waals surface area contributed by atoms with E-state index >= 15 is 0 Å². The van der Waals surface area contributed by atoms with E-state index in [9.17, 15) is 0 Å². The van der Waals surface area contributed by atoms with E-state index < -0.39 is 0 Å². The molecule has 0 aliphatic carbocycles. The van der Waals surface area contributed by atoms with Crippen LogP contribution in [0.25, 0.3) is 16.6 Å². The number of aromatic nitrogens is 2. The molecule has 2 aromatic carbocycles. The number of anilines is 1. The molecule has 30 heavy (non-hydrogen) atoms. The van der Waals surface area contributed by atoms with Crippen LogP contribution in [0.5, 0.6) is 0 Å². The van der Waals surface area contributed by atoms with Crippen molar-refractivity contribution in [2.24, 2.45) is 5.73 Å². The summed E-state index contributed by atoms with van der Waals surface area (Å²) in [6, 6.07) is 16.8. The van der Waals surface area contributed by atoms with Crippen molar-refractivity contribution in [1.29, 1.82) is 0 Å². The van der Waals surface area contributed by atoms with Crippen molar-refractivity contribution in [3.63, 3.8) is 0 Å². The zero-order valence-corrected chi connectivity index (χ0v) is 17.2. The molecule has 4 rings (SSSR count). The molecule has 1 saturated heterocycles. The first-order chi connectivity index (χ1) is 14.8. The van der Waals surface area contributed by atoms with Crippen LogP contribution in [0.2, 0.25) is 0 Å². The van der Waals surface area contributed by atoms with Crippen LogP contribution in [0.1, 0.15) is 24.1 Å². The lowest BCUT2D eigenvalue weighted by Crippen LogP contribution is -2.41. The maximum Gasteiger partial charge on any atom is 0.0894 e. The third-order valence-corrected chi connectivity index (χ3v) is 5.66. The normalized spacial score (nSPS) is 15.5. The molecule has 3 aromatic rings. The average Bonchev–Trinajstić information content (AvgIpc) is 2.80. The number of hydrogen-bond donors (Lipinski definition) is 3. The summed E-state index contributed by atoms with van der Waals surface area (Å²) < 4.78 is 0. The number of nitrogens with two attached hydrogens (primary N) is 1. The lowest BCUT2D eigenvalue weighted by Gasteiger charge is -2.34. The zero-order valence-electron chi connectivity index (χ0n) is 17.2. The van der Waals surface area contributed by atoms with Gasteiger partial charge in [-0.1, -0.05) is 24.3 Å². The predicted octanol–water partition coefficient (Wildman–Crippen LogP) is 2.72. The predicted molar refractivity (Wildman–Crippen MR) is 122 cm³/mol. The minimum atomic E-state index is 0.187. The number of nitrogens with zero attached hydrogens (tertiary/aromatic N) is 3. The van der Waals surface area contributed by atoms with Gasteiger partial charge in [0.15, 0.2) is 0 Å². The minimum absolute atomic E-state index is 0.187.